The van der Waals surface area contributed by atoms with Crippen molar-refractivity contribution in [2.24, 2.45) is 0 Å². The number of hydrogen-bond acceptors (Lipinski definition) is 3. The van der Waals surface area contributed by atoms with Crippen LogP contribution in [0.3, 0.4) is 0 Å². The van der Waals surface area contributed by atoms with E-state index in [1.165, 1.54) is 12.1 Å². The molecule has 0 saturated carbocycles. The van der Waals surface area contributed by atoms with E-state index < -0.39 is 0 Å². The smallest absolute Gasteiger partial charge is 0.221 e. The van der Waals surface area contributed by atoms with Crippen molar-refractivity contribution in [3.8, 4) is 11.5 Å². The first-order chi connectivity index (χ1) is 8.04. The van der Waals surface area contributed by atoms with E-state index in [1.54, 1.807) is 0 Å². The van der Waals surface area contributed by atoms with E-state index in [4.69, 9.17) is 11.6 Å². The molecule has 0 heterocycles. The van der Waals surface area contributed by atoms with Crippen molar-refractivity contribution in [2.45, 2.75) is 19.8 Å². The minimum Gasteiger partial charge on any atom is -0.504 e. The summed E-state index contributed by atoms with van der Waals surface area (Å²) in [6.45, 7) is 2.33. The second-order valence-electron chi connectivity index (χ2n) is 3.81. The van der Waals surface area contributed by atoms with Crippen LogP contribution in [0.5, 0.6) is 11.5 Å². The molecule has 0 bridgehead atoms. The topological polar surface area (TPSA) is 69.6 Å². The van der Waals surface area contributed by atoms with Crippen molar-refractivity contribution in [1.29, 1.82) is 0 Å². The van der Waals surface area contributed by atoms with Crippen molar-refractivity contribution in [1.82, 2.24) is 5.32 Å². The van der Waals surface area contributed by atoms with Gasteiger partial charge in [0.15, 0.2) is 11.5 Å². The van der Waals surface area contributed by atoms with Gasteiger partial charge in [-0.1, -0.05) is 0 Å². The van der Waals surface area contributed by atoms with E-state index in [9.17, 15) is 15.0 Å². The molecule has 0 atom stereocenters. The highest BCUT2D eigenvalue weighted by Crippen LogP contribution is 2.27. The monoisotopic (exact) mass is 257 g/mol. The van der Waals surface area contributed by atoms with Crippen LogP contribution in [-0.2, 0) is 11.2 Å². The van der Waals surface area contributed by atoms with Gasteiger partial charge in [0.2, 0.25) is 5.91 Å². The Hall–Kier alpha value is -1.42. The molecule has 0 unspecified atom stereocenters. The summed E-state index contributed by atoms with van der Waals surface area (Å²) in [7, 11) is 0. The molecule has 0 aliphatic heterocycles. The molecule has 0 spiro atoms. The third-order valence-electron chi connectivity index (χ3n) is 2.47. The van der Waals surface area contributed by atoms with Gasteiger partial charge in [-0.15, -0.1) is 11.6 Å². The maximum Gasteiger partial charge on any atom is 0.221 e. The molecule has 0 saturated heterocycles. The van der Waals surface area contributed by atoms with Gasteiger partial charge in [-0.25, -0.2) is 0 Å². The molecule has 0 fully saturated rings. The Kier molecular flexibility index (Phi) is 5.10. The molecule has 0 aliphatic rings. The third kappa shape index (κ3) is 4.15. The number of amides is 1. The average molecular weight is 258 g/mol. The summed E-state index contributed by atoms with van der Waals surface area (Å²) in [5, 5.41) is 21.4. The number of benzene rings is 1. The van der Waals surface area contributed by atoms with Crippen molar-refractivity contribution in [2.75, 3.05) is 12.4 Å². The second-order valence-corrected chi connectivity index (χ2v) is 4.18. The average Bonchev–Trinajstić information content (AvgIpc) is 2.26. The molecule has 1 aromatic rings. The number of carbonyl (C=O) groups is 1. The van der Waals surface area contributed by atoms with Crippen molar-refractivity contribution in [3.05, 3.63) is 23.3 Å². The number of halogens is 1. The maximum atomic E-state index is 11.2. The van der Waals surface area contributed by atoms with E-state index in [-0.39, 0.29) is 17.4 Å². The molecule has 1 rings (SSSR count). The molecule has 17 heavy (non-hydrogen) atoms. The Morgan fingerprint density at radius 3 is 2.65 bits per heavy atom. The maximum absolute atomic E-state index is 11.2. The first-order valence-corrected chi connectivity index (χ1v) is 5.92. The van der Waals surface area contributed by atoms with Crippen molar-refractivity contribution >= 4 is 17.5 Å². The van der Waals surface area contributed by atoms with Crippen LogP contribution in [0.4, 0.5) is 0 Å². The molecule has 4 nitrogen and oxygen atoms in total. The molecule has 0 radical (unpaired) electrons. The first kappa shape index (κ1) is 13.6. The highest BCUT2D eigenvalue weighted by atomic mass is 35.5. The van der Waals surface area contributed by atoms with Gasteiger partial charge < -0.3 is 15.5 Å². The van der Waals surface area contributed by atoms with Crippen LogP contribution in [-0.4, -0.2) is 28.5 Å². The number of hydrogen-bond donors (Lipinski definition) is 3. The Balaban J connectivity index is 2.52. The Morgan fingerprint density at radius 1 is 1.35 bits per heavy atom. The zero-order valence-electron chi connectivity index (χ0n) is 9.66. The molecular weight excluding hydrogens is 242 g/mol. The second kappa shape index (κ2) is 6.35. The summed E-state index contributed by atoms with van der Waals surface area (Å²) in [5.41, 5.74) is 1.78. The fourth-order valence-electron chi connectivity index (χ4n) is 1.50. The van der Waals surface area contributed by atoms with Gasteiger partial charge >= 0.3 is 0 Å². The number of alkyl halides is 1. The molecule has 3 N–H and O–H groups in total. The predicted octanol–water partition coefficient (Wildman–Crippen LogP) is 1.69. The van der Waals surface area contributed by atoms with E-state index in [1.807, 2.05) is 6.92 Å². The fraction of sp³-hybridized carbons (Fsp3) is 0.417. The van der Waals surface area contributed by atoms with Gasteiger partial charge in [-0.05, 0) is 36.6 Å². The summed E-state index contributed by atoms with van der Waals surface area (Å²) in [5.74, 6) is -0.0408. The molecular formula is C12H16ClNO3. The number of nitrogens with one attached hydrogen (secondary N) is 1. The number of rotatable bonds is 5. The number of phenols is 2. The van der Waals surface area contributed by atoms with Gasteiger partial charge in [-0.3, -0.25) is 4.79 Å². The minimum atomic E-state index is -0.141. The van der Waals surface area contributed by atoms with Crippen LogP contribution in [0.1, 0.15) is 17.5 Å². The lowest BCUT2D eigenvalue weighted by Gasteiger charge is -2.09. The predicted molar refractivity (Wildman–Crippen MR) is 66.6 cm³/mol. The van der Waals surface area contributed by atoms with Crippen LogP contribution in [0.2, 0.25) is 0 Å². The standard InChI is InChI=1S/C12H16ClNO3/c1-8-6-10(15)11(16)7-9(8)3-5-14-12(17)2-4-13/h6-7,15-16H,2-5H2,1H3,(H,14,17). The number of aromatic hydroxyl groups is 2. The normalized spacial score (nSPS) is 10.2. The van der Waals surface area contributed by atoms with Crippen LogP contribution in [0, 0.1) is 6.92 Å². The zero-order valence-corrected chi connectivity index (χ0v) is 10.4. The minimum absolute atomic E-state index is 0.0827. The van der Waals surface area contributed by atoms with E-state index >= 15 is 0 Å². The van der Waals surface area contributed by atoms with Crippen LogP contribution >= 0.6 is 11.6 Å². The molecule has 1 aromatic carbocycles. The summed E-state index contributed by atoms with van der Waals surface area (Å²) in [4.78, 5) is 11.2. The van der Waals surface area contributed by atoms with Gasteiger partial charge in [0, 0.05) is 18.8 Å². The summed E-state index contributed by atoms with van der Waals surface area (Å²) in [6, 6.07) is 3.02. The molecule has 5 heteroatoms. The fourth-order valence-corrected chi connectivity index (χ4v) is 1.68. The lowest BCUT2D eigenvalue weighted by Crippen LogP contribution is -2.25. The first-order valence-electron chi connectivity index (χ1n) is 5.38. The third-order valence-corrected chi connectivity index (χ3v) is 2.66. The van der Waals surface area contributed by atoms with Crippen LogP contribution in [0.15, 0.2) is 12.1 Å². The largest absolute Gasteiger partial charge is 0.504 e. The lowest BCUT2D eigenvalue weighted by molar-refractivity contribution is -0.120. The molecule has 0 aromatic heterocycles. The van der Waals surface area contributed by atoms with Crippen LogP contribution < -0.4 is 5.32 Å². The summed E-state index contributed by atoms with van der Waals surface area (Å²) in [6.07, 6.45) is 0.912. The van der Waals surface area contributed by atoms with Crippen LogP contribution in [0.25, 0.3) is 0 Å². The molecule has 0 aliphatic carbocycles. The Labute approximate surface area is 105 Å². The number of carbonyl (C=O) groups excluding carboxylic acids is 1. The Bertz CT molecular complexity index is 407. The molecule has 1 amide bonds. The van der Waals surface area contributed by atoms with Gasteiger partial charge in [0.1, 0.15) is 0 Å². The van der Waals surface area contributed by atoms with Crippen molar-refractivity contribution < 1.29 is 15.0 Å². The summed E-state index contributed by atoms with van der Waals surface area (Å²) >= 11 is 5.43. The number of aryl methyl sites for hydroxylation is 1. The highest BCUT2D eigenvalue weighted by molar-refractivity contribution is 6.18. The SMILES string of the molecule is Cc1cc(O)c(O)cc1CCNC(=O)CCCl. The van der Waals surface area contributed by atoms with Gasteiger partial charge in [-0.2, -0.15) is 0 Å². The van der Waals surface area contributed by atoms with Crippen molar-refractivity contribution in [3.63, 3.8) is 0 Å². The van der Waals surface area contributed by atoms with Gasteiger partial charge in [0.05, 0.1) is 0 Å². The van der Waals surface area contributed by atoms with E-state index in [0.717, 1.165) is 11.1 Å². The quantitative estimate of drug-likeness (QED) is 0.555. The Morgan fingerprint density at radius 2 is 2.00 bits per heavy atom. The van der Waals surface area contributed by atoms with Gasteiger partial charge in [0.25, 0.3) is 0 Å². The highest BCUT2D eigenvalue weighted by Gasteiger charge is 2.06. The summed E-state index contributed by atoms with van der Waals surface area (Å²) < 4.78 is 0. The van der Waals surface area contributed by atoms with E-state index in [2.05, 4.69) is 5.32 Å². The molecule has 94 valence electrons. The lowest BCUT2D eigenvalue weighted by atomic mass is 10.0. The zero-order chi connectivity index (χ0) is 12.8. The number of phenolic OH excluding ortho intramolecular Hbond substituents is 2. The van der Waals surface area contributed by atoms with E-state index in [0.29, 0.717) is 25.3 Å².